The van der Waals surface area contributed by atoms with E-state index in [1.165, 1.54) is 5.56 Å². The number of benzene rings is 1. The van der Waals surface area contributed by atoms with Gasteiger partial charge in [0.1, 0.15) is 10.1 Å². The second-order valence-corrected chi connectivity index (χ2v) is 3.89. The fourth-order valence-corrected chi connectivity index (χ4v) is 1.62. The molecule has 1 heterocycles. The van der Waals surface area contributed by atoms with E-state index in [1.807, 2.05) is 12.1 Å². The molecule has 0 bridgehead atoms. The van der Waals surface area contributed by atoms with Crippen molar-refractivity contribution in [3.63, 3.8) is 0 Å². The Morgan fingerprint density at radius 1 is 1.07 bits per heavy atom. The molecular formula is C10H10N2S2. The zero-order chi connectivity index (χ0) is 10.1. The third kappa shape index (κ3) is 1.72. The first kappa shape index (κ1) is 9.80. The summed E-state index contributed by atoms with van der Waals surface area (Å²) in [6.07, 6.45) is 1.00. The molecule has 1 aromatic carbocycles. The van der Waals surface area contributed by atoms with Gasteiger partial charge in [-0.15, -0.1) is 25.3 Å². The van der Waals surface area contributed by atoms with Crippen LogP contribution in [-0.4, -0.2) is 9.97 Å². The summed E-state index contributed by atoms with van der Waals surface area (Å²) < 4.78 is 0. The number of hydrogen-bond donors (Lipinski definition) is 2. The summed E-state index contributed by atoms with van der Waals surface area (Å²) in [5.74, 6) is 0. The average molecular weight is 222 g/mol. The highest BCUT2D eigenvalue weighted by molar-refractivity contribution is 7.83. The molecule has 0 unspecified atom stereocenters. The lowest BCUT2D eigenvalue weighted by molar-refractivity contribution is 0.978. The van der Waals surface area contributed by atoms with Gasteiger partial charge in [0, 0.05) is 0 Å². The van der Waals surface area contributed by atoms with Gasteiger partial charge in [-0.1, -0.05) is 13.0 Å². The Balaban J connectivity index is 2.70. The van der Waals surface area contributed by atoms with Crippen LogP contribution in [0.1, 0.15) is 12.5 Å². The summed E-state index contributed by atoms with van der Waals surface area (Å²) in [5.41, 5.74) is 3.00. The van der Waals surface area contributed by atoms with Crippen molar-refractivity contribution in [3.05, 3.63) is 23.8 Å². The van der Waals surface area contributed by atoms with Crippen molar-refractivity contribution < 1.29 is 0 Å². The molecule has 0 saturated heterocycles. The molecule has 0 aliphatic rings. The minimum absolute atomic E-state index is 0.574. The molecule has 72 valence electrons. The number of thiol groups is 2. The molecule has 2 nitrogen and oxygen atoms in total. The topological polar surface area (TPSA) is 25.8 Å². The summed E-state index contributed by atoms with van der Waals surface area (Å²) in [4.78, 5) is 8.59. The monoisotopic (exact) mass is 222 g/mol. The molecule has 0 aliphatic heterocycles. The molecule has 0 N–H and O–H groups in total. The van der Waals surface area contributed by atoms with E-state index >= 15 is 0 Å². The first-order chi connectivity index (χ1) is 6.70. The number of fused-ring (bicyclic) bond motifs is 1. The first-order valence-electron chi connectivity index (χ1n) is 4.39. The third-order valence-corrected chi connectivity index (χ3v) is 2.90. The molecule has 1 aromatic heterocycles. The van der Waals surface area contributed by atoms with Gasteiger partial charge in [0.25, 0.3) is 0 Å². The van der Waals surface area contributed by atoms with Crippen LogP contribution < -0.4 is 0 Å². The number of aromatic nitrogens is 2. The van der Waals surface area contributed by atoms with Gasteiger partial charge in [0.15, 0.2) is 0 Å². The second kappa shape index (κ2) is 3.79. The molecule has 4 heteroatoms. The van der Waals surface area contributed by atoms with E-state index in [2.05, 4.69) is 48.2 Å². The van der Waals surface area contributed by atoms with Crippen molar-refractivity contribution in [2.24, 2.45) is 0 Å². The second-order valence-electron chi connectivity index (χ2n) is 3.05. The maximum absolute atomic E-state index is 4.31. The normalized spacial score (nSPS) is 10.8. The quantitative estimate of drug-likeness (QED) is 0.726. The fraction of sp³-hybridized carbons (Fsp3) is 0.200. The Kier molecular flexibility index (Phi) is 2.65. The van der Waals surface area contributed by atoms with Gasteiger partial charge < -0.3 is 0 Å². The van der Waals surface area contributed by atoms with Crippen LogP contribution in [0.25, 0.3) is 11.0 Å². The lowest BCUT2D eigenvalue weighted by atomic mass is 10.1. The van der Waals surface area contributed by atoms with Gasteiger partial charge in [-0.05, 0) is 24.1 Å². The molecular weight excluding hydrogens is 212 g/mol. The van der Waals surface area contributed by atoms with Crippen molar-refractivity contribution in [2.75, 3.05) is 0 Å². The molecule has 0 amide bonds. The smallest absolute Gasteiger partial charge is 0.126 e. The predicted molar refractivity (Wildman–Crippen MR) is 63.4 cm³/mol. The van der Waals surface area contributed by atoms with Crippen LogP contribution in [0.2, 0.25) is 0 Å². The molecule has 0 atom stereocenters. The van der Waals surface area contributed by atoms with Gasteiger partial charge >= 0.3 is 0 Å². The SMILES string of the molecule is CCc1ccc2nc(S)c(S)nc2c1. The summed E-state index contributed by atoms with van der Waals surface area (Å²) in [7, 11) is 0. The lowest BCUT2D eigenvalue weighted by Gasteiger charge is -2.02. The Bertz CT molecular complexity index is 483. The van der Waals surface area contributed by atoms with Gasteiger partial charge in [-0.2, -0.15) is 0 Å². The zero-order valence-electron chi connectivity index (χ0n) is 7.73. The molecule has 0 aliphatic carbocycles. The minimum Gasteiger partial charge on any atom is -0.237 e. The summed E-state index contributed by atoms with van der Waals surface area (Å²) >= 11 is 8.36. The van der Waals surface area contributed by atoms with E-state index in [4.69, 9.17) is 0 Å². The van der Waals surface area contributed by atoms with Crippen LogP contribution in [-0.2, 0) is 6.42 Å². The lowest BCUT2D eigenvalue weighted by Crippen LogP contribution is -1.89. The van der Waals surface area contributed by atoms with Gasteiger partial charge in [-0.3, -0.25) is 0 Å². The summed E-state index contributed by atoms with van der Waals surface area (Å²) in [6, 6.07) is 6.06. The highest BCUT2D eigenvalue weighted by Gasteiger charge is 2.02. The van der Waals surface area contributed by atoms with Crippen LogP contribution in [0.4, 0.5) is 0 Å². The molecule has 2 rings (SSSR count). The highest BCUT2D eigenvalue weighted by Crippen LogP contribution is 2.19. The molecule has 0 radical (unpaired) electrons. The van der Waals surface area contributed by atoms with Gasteiger partial charge in [-0.25, -0.2) is 9.97 Å². The first-order valence-corrected chi connectivity index (χ1v) is 5.28. The van der Waals surface area contributed by atoms with Crippen LogP contribution in [0.5, 0.6) is 0 Å². The van der Waals surface area contributed by atoms with Crippen LogP contribution in [0.3, 0.4) is 0 Å². The van der Waals surface area contributed by atoms with Crippen LogP contribution in [0, 0.1) is 0 Å². The molecule has 14 heavy (non-hydrogen) atoms. The number of hydrogen-bond acceptors (Lipinski definition) is 4. The van der Waals surface area contributed by atoms with Gasteiger partial charge in [0.05, 0.1) is 11.0 Å². The van der Waals surface area contributed by atoms with E-state index in [0.29, 0.717) is 10.1 Å². The fourth-order valence-electron chi connectivity index (χ4n) is 1.30. The Hall–Kier alpha value is -0.740. The molecule has 0 fully saturated rings. The summed E-state index contributed by atoms with van der Waals surface area (Å²) in [6.45, 7) is 2.11. The van der Waals surface area contributed by atoms with E-state index in [9.17, 15) is 0 Å². The highest BCUT2D eigenvalue weighted by atomic mass is 32.1. The van der Waals surface area contributed by atoms with E-state index < -0.39 is 0 Å². The predicted octanol–water partition coefficient (Wildman–Crippen LogP) is 2.77. The van der Waals surface area contributed by atoms with Crippen molar-refractivity contribution in [3.8, 4) is 0 Å². The Morgan fingerprint density at radius 3 is 2.36 bits per heavy atom. The van der Waals surface area contributed by atoms with Crippen molar-refractivity contribution in [1.29, 1.82) is 0 Å². The number of rotatable bonds is 1. The number of aryl methyl sites for hydroxylation is 1. The summed E-state index contributed by atoms with van der Waals surface area (Å²) in [5, 5.41) is 1.15. The van der Waals surface area contributed by atoms with Gasteiger partial charge in [0.2, 0.25) is 0 Å². The maximum Gasteiger partial charge on any atom is 0.126 e. The van der Waals surface area contributed by atoms with E-state index in [-0.39, 0.29) is 0 Å². The molecule has 2 aromatic rings. The minimum atomic E-state index is 0.574. The Morgan fingerprint density at radius 2 is 1.71 bits per heavy atom. The van der Waals surface area contributed by atoms with Crippen molar-refractivity contribution >= 4 is 36.3 Å². The number of nitrogens with zero attached hydrogens (tertiary/aromatic N) is 2. The van der Waals surface area contributed by atoms with Crippen LogP contribution >= 0.6 is 25.3 Å². The van der Waals surface area contributed by atoms with E-state index in [0.717, 1.165) is 17.5 Å². The Labute approximate surface area is 93.6 Å². The molecule has 0 saturated carbocycles. The van der Waals surface area contributed by atoms with Crippen molar-refractivity contribution in [2.45, 2.75) is 23.4 Å². The standard InChI is InChI=1S/C10H10N2S2/c1-2-6-3-4-7-8(5-6)12-10(14)9(13)11-7/h3-5H,2H2,1H3,(H,11,13)(H,12,14). The molecule has 0 spiro atoms. The zero-order valence-corrected chi connectivity index (χ0v) is 9.52. The largest absolute Gasteiger partial charge is 0.237 e. The van der Waals surface area contributed by atoms with Crippen molar-refractivity contribution in [1.82, 2.24) is 9.97 Å². The maximum atomic E-state index is 4.31. The van der Waals surface area contributed by atoms with Crippen LogP contribution in [0.15, 0.2) is 28.3 Å². The third-order valence-electron chi connectivity index (χ3n) is 2.10. The van der Waals surface area contributed by atoms with E-state index in [1.54, 1.807) is 0 Å². The average Bonchev–Trinajstić information content (AvgIpc) is 2.19.